The van der Waals surface area contributed by atoms with Crippen molar-refractivity contribution in [3.05, 3.63) is 0 Å². The second kappa shape index (κ2) is 6.61. The van der Waals surface area contributed by atoms with E-state index in [0.29, 0.717) is 0 Å². The molecule has 0 aromatic rings. The molecule has 0 aliphatic carbocycles. The van der Waals surface area contributed by atoms with Crippen LogP contribution in [0, 0.1) is 0 Å². The molecule has 0 spiro atoms. The number of quaternary nitrogens is 2. The molecule has 2 fully saturated rings. The van der Waals surface area contributed by atoms with E-state index >= 15 is 0 Å². The van der Waals surface area contributed by atoms with Crippen LogP contribution in [-0.2, 0) is 0 Å². The highest BCUT2D eigenvalue weighted by Crippen LogP contribution is 2.23. The van der Waals surface area contributed by atoms with Crippen LogP contribution in [0.15, 0.2) is 0 Å². The summed E-state index contributed by atoms with van der Waals surface area (Å²) in [6, 6.07) is 0. The Hall–Kier alpha value is -0.0800. The largest absolute Gasteiger partial charge is 0.280 e. The predicted molar refractivity (Wildman–Crippen MR) is 75.4 cm³/mol. The summed E-state index contributed by atoms with van der Waals surface area (Å²) in [4.78, 5) is 0. The summed E-state index contributed by atoms with van der Waals surface area (Å²) in [5.41, 5.74) is 0. The zero-order valence-electron chi connectivity index (χ0n) is 9.26. The average molecular weight is 232 g/mol. The Labute approximate surface area is 104 Å². The lowest BCUT2D eigenvalue weighted by Crippen LogP contribution is -2.56. The number of likely N-dealkylation sites (tertiary alicyclic amines) is 2. The van der Waals surface area contributed by atoms with Gasteiger partial charge in [-0.2, -0.15) is 0 Å². The van der Waals surface area contributed by atoms with E-state index in [9.17, 15) is 0 Å². The van der Waals surface area contributed by atoms with Gasteiger partial charge in [-0.25, -0.2) is 0 Å². The first-order valence-electron chi connectivity index (χ1n) is 5.79. The third-order valence-electron chi connectivity index (χ3n) is 3.97. The van der Waals surface area contributed by atoms with E-state index in [2.05, 4.69) is 14.1 Å². The van der Waals surface area contributed by atoms with E-state index in [0.717, 1.165) is 0 Å². The molecule has 2 saturated heterocycles. The smallest absolute Gasteiger partial charge is 0.207 e. The Bertz CT molecular complexity index is 157. The zero-order chi connectivity index (χ0) is 9.36. The lowest BCUT2D eigenvalue weighted by molar-refractivity contribution is -1.08. The Kier molecular flexibility index (Phi) is 7.55. The average Bonchev–Trinajstić information content (AvgIpc) is 2.60. The molecule has 2 nitrogen and oxygen atoms in total. The molecular weight excluding hydrogens is 196 g/mol. The fourth-order valence-electron chi connectivity index (χ4n) is 3.30. The minimum atomic E-state index is 0. The fourth-order valence-corrected chi connectivity index (χ4v) is 3.30. The zero-order valence-corrected chi connectivity index (χ0v) is 9.26. The van der Waals surface area contributed by atoms with Crippen LogP contribution < -0.4 is 0 Å². The second-order valence-electron chi connectivity index (χ2n) is 5.69. The maximum Gasteiger partial charge on any atom is 0.207 e. The Morgan fingerprint density at radius 3 is 1.12 bits per heavy atom. The highest BCUT2D eigenvalue weighted by atomic mass is 15.5. The van der Waals surface area contributed by atoms with E-state index in [4.69, 9.17) is 0 Å². The Morgan fingerprint density at radius 2 is 0.875 bits per heavy atom. The quantitative estimate of drug-likeness (QED) is 0.641. The summed E-state index contributed by atoms with van der Waals surface area (Å²) in [5, 5.41) is 0. The predicted octanol–water partition coefficient (Wildman–Crippen LogP) is 3.33. The highest BCUT2D eigenvalue weighted by Gasteiger charge is 2.38. The van der Waals surface area contributed by atoms with Gasteiger partial charge in [0.15, 0.2) is 0 Å². The van der Waals surface area contributed by atoms with Crippen molar-refractivity contribution in [2.45, 2.75) is 48.0 Å². The topological polar surface area (TPSA) is 0 Å². The molecule has 2 aliphatic heterocycles. The Morgan fingerprint density at radius 1 is 0.625 bits per heavy atom. The van der Waals surface area contributed by atoms with E-state index < -0.39 is 0 Å². The molecule has 0 atom stereocenters. The van der Waals surface area contributed by atoms with Crippen LogP contribution >= 0.6 is 0 Å². The SMILES string of the molecule is C.C.C.C[N+]1(C[N+]2(C)CCCC2)CCCC1. The lowest BCUT2D eigenvalue weighted by Gasteiger charge is -2.38. The summed E-state index contributed by atoms with van der Waals surface area (Å²) < 4.78 is 2.69. The van der Waals surface area contributed by atoms with Crippen LogP contribution in [0.5, 0.6) is 0 Å². The van der Waals surface area contributed by atoms with Crippen LogP contribution in [0.3, 0.4) is 0 Å². The molecule has 2 heteroatoms. The van der Waals surface area contributed by atoms with Crippen molar-refractivity contribution in [1.82, 2.24) is 0 Å². The molecule has 0 N–H and O–H groups in total. The molecule has 16 heavy (non-hydrogen) atoms. The van der Waals surface area contributed by atoms with Gasteiger partial charge >= 0.3 is 0 Å². The minimum absolute atomic E-state index is 0. The normalized spacial score (nSPS) is 25.1. The standard InChI is InChI=1S/C11H24N2.3CH4/c1-12(7-3-4-8-12)11-13(2)9-5-6-10-13;;;/h3-11H2,1-2H3;3*1H4/q+2;;;. The van der Waals surface area contributed by atoms with Gasteiger partial charge in [0.1, 0.15) is 0 Å². The third-order valence-corrected chi connectivity index (χ3v) is 3.97. The maximum absolute atomic E-state index is 2.45. The number of hydrogen-bond acceptors (Lipinski definition) is 0. The first-order chi connectivity index (χ1) is 6.12. The minimum Gasteiger partial charge on any atom is -0.280 e. The van der Waals surface area contributed by atoms with Crippen LogP contribution in [0.1, 0.15) is 48.0 Å². The van der Waals surface area contributed by atoms with E-state index in [1.807, 2.05) is 0 Å². The molecule has 2 aliphatic rings. The molecule has 2 rings (SSSR count). The van der Waals surface area contributed by atoms with Gasteiger partial charge < -0.3 is 0 Å². The van der Waals surface area contributed by atoms with Gasteiger partial charge in [0.25, 0.3) is 0 Å². The van der Waals surface area contributed by atoms with Crippen LogP contribution in [-0.4, -0.2) is 55.9 Å². The number of nitrogens with zero attached hydrogens (tertiary/aromatic N) is 2. The molecule has 0 unspecified atom stereocenters. The molecule has 100 valence electrons. The van der Waals surface area contributed by atoms with Crippen molar-refractivity contribution >= 4 is 0 Å². The van der Waals surface area contributed by atoms with Gasteiger partial charge in [-0.05, 0) is 0 Å². The van der Waals surface area contributed by atoms with E-state index in [1.165, 1.54) is 67.5 Å². The first kappa shape index (κ1) is 18.3. The first-order valence-corrected chi connectivity index (χ1v) is 5.79. The molecule has 0 aromatic heterocycles. The van der Waals surface area contributed by atoms with Crippen molar-refractivity contribution in [1.29, 1.82) is 0 Å². The molecule has 0 bridgehead atoms. The summed E-state index contributed by atoms with van der Waals surface area (Å²) in [6.45, 7) is 7.09. The molecule has 0 aromatic carbocycles. The molecule has 0 saturated carbocycles. The molecule has 0 radical (unpaired) electrons. The van der Waals surface area contributed by atoms with Crippen molar-refractivity contribution in [2.75, 3.05) is 46.9 Å². The van der Waals surface area contributed by atoms with Gasteiger partial charge in [-0.1, -0.05) is 22.3 Å². The van der Waals surface area contributed by atoms with Crippen molar-refractivity contribution in [2.24, 2.45) is 0 Å². The second-order valence-corrected chi connectivity index (χ2v) is 5.69. The summed E-state index contributed by atoms with van der Waals surface area (Å²) in [7, 11) is 4.91. The van der Waals surface area contributed by atoms with Crippen molar-refractivity contribution in [3.63, 3.8) is 0 Å². The highest BCUT2D eigenvalue weighted by molar-refractivity contribution is 4.53. The van der Waals surface area contributed by atoms with E-state index in [-0.39, 0.29) is 22.3 Å². The Balaban J connectivity index is 0. The van der Waals surface area contributed by atoms with Crippen LogP contribution in [0.4, 0.5) is 0 Å². The van der Waals surface area contributed by atoms with Gasteiger partial charge in [-0.3, -0.25) is 8.97 Å². The summed E-state index contributed by atoms with van der Waals surface area (Å²) in [5.74, 6) is 0. The van der Waals surface area contributed by atoms with Gasteiger partial charge in [-0.15, -0.1) is 0 Å². The van der Waals surface area contributed by atoms with Crippen molar-refractivity contribution in [3.8, 4) is 0 Å². The summed E-state index contributed by atoms with van der Waals surface area (Å²) in [6.07, 6.45) is 5.82. The third kappa shape index (κ3) is 4.06. The van der Waals surface area contributed by atoms with E-state index in [1.54, 1.807) is 0 Å². The maximum atomic E-state index is 2.45. The number of rotatable bonds is 2. The monoisotopic (exact) mass is 232 g/mol. The molecule has 2 heterocycles. The molecule has 0 amide bonds. The van der Waals surface area contributed by atoms with Crippen LogP contribution in [0.2, 0.25) is 0 Å². The lowest BCUT2D eigenvalue weighted by atomic mass is 10.4. The summed E-state index contributed by atoms with van der Waals surface area (Å²) >= 11 is 0. The van der Waals surface area contributed by atoms with Crippen LogP contribution in [0.25, 0.3) is 0 Å². The van der Waals surface area contributed by atoms with Gasteiger partial charge in [0.05, 0.1) is 40.3 Å². The van der Waals surface area contributed by atoms with Crippen molar-refractivity contribution < 1.29 is 8.97 Å². The van der Waals surface area contributed by atoms with Gasteiger partial charge in [0.2, 0.25) is 6.67 Å². The fraction of sp³-hybridized carbons (Fsp3) is 1.00. The molecular formula is C14H36N2+2. The van der Waals surface area contributed by atoms with Gasteiger partial charge in [0, 0.05) is 25.7 Å². The number of hydrogen-bond donors (Lipinski definition) is 0.